The van der Waals surface area contributed by atoms with Crippen LogP contribution in [-0.4, -0.2) is 42.9 Å². The first kappa shape index (κ1) is 18.9. The molecule has 0 N–H and O–H groups in total. The monoisotopic (exact) mass is 351 g/mol. The Morgan fingerprint density at radius 2 is 1.43 bits per heavy atom. The van der Waals surface area contributed by atoms with Crippen LogP contribution in [0.1, 0.15) is 25.7 Å². The van der Waals surface area contributed by atoms with Crippen LogP contribution in [0.3, 0.4) is 0 Å². The average molecular weight is 353 g/mol. The highest BCUT2D eigenvalue weighted by molar-refractivity contribution is 6.30. The molecule has 0 bridgehead atoms. The first-order valence-electron chi connectivity index (χ1n) is 7.49. The lowest BCUT2D eigenvalue weighted by Gasteiger charge is -2.19. The Hall–Kier alpha value is -0.150. The number of unbranched alkanes of at least 4 members (excludes halogenated alkanes) is 3. The molecule has 0 radical (unpaired) electrons. The summed E-state index contributed by atoms with van der Waals surface area (Å²) in [5.41, 5.74) is 0. The van der Waals surface area contributed by atoms with Gasteiger partial charge in [-0.25, -0.2) is 0 Å². The lowest BCUT2D eigenvalue weighted by molar-refractivity contribution is 0.286. The Kier molecular flexibility index (Phi) is 11.2. The topological polar surface area (TPSA) is 12.5 Å². The van der Waals surface area contributed by atoms with Crippen molar-refractivity contribution in [3.8, 4) is 5.75 Å². The van der Waals surface area contributed by atoms with Crippen molar-refractivity contribution in [3.05, 3.63) is 29.3 Å². The fourth-order valence-corrected chi connectivity index (χ4v) is 2.69. The van der Waals surface area contributed by atoms with Gasteiger partial charge in [-0.3, -0.25) is 0 Å². The van der Waals surface area contributed by atoms with Gasteiger partial charge in [0.25, 0.3) is 0 Å². The van der Waals surface area contributed by atoms with Crippen LogP contribution in [0.15, 0.2) is 24.3 Å². The Bertz CT molecular complexity index is 353. The highest BCUT2D eigenvalue weighted by atomic mass is 35.5. The maximum absolute atomic E-state index is 5.82. The van der Waals surface area contributed by atoms with Crippen LogP contribution in [0.4, 0.5) is 0 Å². The van der Waals surface area contributed by atoms with Gasteiger partial charge in [0, 0.05) is 29.9 Å². The van der Waals surface area contributed by atoms with E-state index in [4.69, 9.17) is 39.5 Å². The summed E-state index contributed by atoms with van der Waals surface area (Å²) in [6.45, 7) is 3.69. The fourth-order valence-electron chi connectivity index (χ4n) is 2.09. The van der Waals surface area contributed by atoms with E-state index in [9.17, 15) is 0 Å². The number of hydrogen-bond donors (Lipinski definition) is 0. The lowest BCUT2D eigenvalue weighted by atomic mass is 10.2. The van der Waals surface area contributed by atoms with E-state index in [2.05, 4.69) is 4.90 Å². The summed E-state index contributed by atoms with van der Waals surface area (Å²) in [5.74, 6) is 2.23. The van der Waals surface area contributed by atoms with Crippen LogP contribution >= 0.6 is 34.8 Å². The molecule has 0 heterocycles. The molecule has 0 aromatic heterocycles. The van der Waals surface area contributed by atoms with Gasteiger partial charge >= 0.3 is 0 Å². The van der Waals surface area contributed by atoms with E-state index >= 15 is 0 Å². The lowest BCUT2D eigenvalue weighted by Crippen LogP contribution is -2.28. The molecule has 0 spiro atoms. The predicted octanol–water partition coefficient (Wildman–Crippen LogP) is 5.06. The highest BCUT2D eigenvalue weighted by Gasteiger charge is 2.02. The number of ether oxygens (including phenoxy) is 1. The number of benzene rings is 1. The van der Waals surface area contributed by atoms with Crippen LogP contribution in [-0.2, 0) is 0 Å². The summed E-state index contributed by atoms with van der Waals surface area (Å²) in [6.07, 6.45) is 4.66. The SMILES string of the molecule is ClCCN(CCCl)CCCCCCOc1ccc(Cl)cc1. The van der Waals surface area contributed by atoms with Crippen molar-refractivity contribution in [2.75, 3.05) is 38.0 Å². The third kappa shape index (κ3) is 9.46. The molecule has 0 aliphatic rings. The van der Waals surface area contributed by atoms with Gasteiger partial charge in [0.15, 0.2) is 0 Å². The molecule has 120 valence electrons. The number of rotatable bonds is 12. The second kappa shape index (κ2) is 12.4. The van der Waals surface area contributed by atoms with E-state index in [1.807, 2.05) is 24.3 Å². The summed E-state index contributed by atoms with van der Waals surface area (Å²) in [7, 11) is 0. The summed E-state index contributed by atoms with van der Waals surface area (Å²) in [5, 5.41) is 0.737. The number of alkyl halides is 2. The molecule has 5 heteroatoms. The van der Waals surface area contributed by atoms with Crippen molar-refractivity contribution >= 4 is 34.8 Å². The summed E-state index contributed by atoms with van der Waals surface area (Å²) in [4.78, 5) is 2.32. The van der Waals surface area contributed by atoms with Crippen molar-refractivity contribution < 1.29 is 4.74 Å². The molecule has 0 aliphatic carbocycles. The minimum Gasteiger partial charge on any atom is -0.494 e. The molecule has 0 atom stereocenters. The van der Waals surface area contributed by atoms with Crippen LogP contribution in [0.5, 0.6) is 5.75 Å². The third-order valence-corrected chi connectivity index (χ3v) is 3.84. The Balaban J connectivity index is 2.00. The van der Waals surface area contributed by atoms with Gasteiger partial charge in [0.05, 0.1) is 6.61 Å². The zero-order chi connectivity index (χ0) is 15.3. The normalized spacial score (nSPS) is 11.0. The van der Waals surface area contributed by atoms with Gasteiger partial charge < -0.3 is 9.64 Å². The quantitative estimate of drug-likeness (QED) is 0.385. The second-order valence-electron chi connectivity index (χ2n) is 4.94. The van der Waals surface area contributed by atoms with Crippen LogP contribution in [0.25, 0.3) is 0 Å². The van der Waals surface area contributed by atoms with Gasteiger partial charge in [-0.05, 0) is 43.7 Å². The number of nitrogens with zero attached hydrogens (tertiary/aromatic N) is 1. The number of halogens is 3. The molecule has 1 aromatic rings. The maximum atomic E-state index is 5.82. The van der Waals surface area contributed by atoms with Crippen molar-refractivity contribution in [3.63, 3.8) is 0 Å². The molecule has 1 rings (SSSR count). The standard InChI is InChI=1S/C16H24Cl3NO/c17-9-12-20(13-10-18)11-3-1-2-4-14-21-16-7-5-15(19)6-8-16/h5-8H,1-4,9-14H2. The smallest absolute Gasteiger partial charge is 0.119 e. The van der Waals surface area contributed by atoms with Crippen molar-refractivity contribution in [1.29, 1.82) is 0 Å². The zero-order valence-corrected chi connectivity index (χ0v) is 14.6. The Morgan fingerprint density at radius 3 is 2.05 bits per heavy atom. The Morgan fingerprint density at radius 1 is 0.810 bits per heavy atom. The largest absolute Gasteiger partial charge is 0.494 e. The molecule has 0 aliphatic heterocycles. The molecule has 2 nitrogen and oxygen atoms in total. The van der Waals surface area contributed by atoms with Crippen LogP contribution in [0, 0.1) is 0 Å². The molecule has 0 saturated carbocycles. The van der Waals surface area contributed by atoms with E-state index < -0.39 is 0 Å². The molecule has 0 amide bonds. The molecule has 21 heavy (non-hydrogen) atoms. The second-order valence-corrected chi connectivity index (χ2v) is 6.13. The van der Waals surface area contributed by atoms with E-state index in [0.29, 0.717) is 11.8 Å². The van der Waals surface area contributed by atoms with Crippen molar-refractivity contribution in [1.82, 2.24) is 4.90 Å². The minimum absolute atomic E-state index is 0.672. The van der Waals surface area contributed by atoms with E-state index in [1.54, 1.807) is 0 Å². The number of hydrogen-bond acceptors (Lipinski definition) is 2. The molecule has 1 aromatic carbocycles. The van der Waals surface area contributed by atoms with Crippen LogP contribution in [0.2, 0.25) is 5.02 Å². The Labute approximate surface area is 143 Å². The molecule has 0 saturated heterocycles. The highest BCUT2D eigenvalue weighted by Crippen LogP contribution is 2.16. The first-order valence-corrected chi connectivity index (χ1v) is 8.93. The first-order chi connectivity index (χ1) is 10.3. The fraction of sp³-hybridized carbons (Fsp3) is 0.625. The van der Waals surface area contributed by atoms with E-state index in [1.165, 1.54) is 19.3 Å². The van der Waals surface area contributed by atoms with Gasteiger partial charge in [-0.1, -0.05) is 24.4 Å². The zero-order valence-electron chi connectivity index (χ0n) is 12.4. The summed E-state index contributed by atoms with van der Waals surface area (Å²) >= 11 is 17.4. The van der Waals surface area contributed by atoms with Crippen LogP contribution < -0.4 is 4.74 Å². The molecule has 0 unspecified atom stereocenters. The van der Waals surface area contributed by atoms with Gasteiger partial charge in [0.1, 0.15) is 5.75 Å². The van der Waals surface area contributed by atoms with Gasteiger partial charge in [-0.2, -0.15) is 0 Å². The predicted molar refractivity (Wildman–Crippen MR) is 93.3 cm³/mol. The molecule has 0 fully saturated rings. The van der Waals surface area contributed by atoms with Gasteiger partial charge in [0.2, 0.25) is 0 Å². The van der Waals surface area contributed by atoms with Crippen molar-refractivity contribution in [2.24, 2.45) is 0 Å². The van der Waals surface area contributed by atoms with E-state index in [-0.39, 0.29) is 0 Å². The molecular weight excluding hydrogens is 329 g/mol. The maximum Gasteiger partial charge on any atom is 0.119 e. The molecular formula is C16H24Cl3NO. The van der Waals surface area contributed by atoms with Gasteiger partial charge in [-0.15, -0.1) is 23.2 Å². The average Bonchev–Trinajstić information content (AvgIpc) is 2.48. The van der Waals surface area contributed by atoms with Crippen molar-refractivity contribution in [2.45, 2.75) is 25.7 Å². The third-order valence-electron chi connectivity index (χ3n) is 3.25. The summed E-state index contributed by atoms with van der Waals surface area (Å²) < 4.78 is 5.66. The summed E-state index contributed by atoms with van der Waals surface area (Å²) in [6, 6.07) is 7.50. The van der Waals surface area contributed by atoms with E-state index in [0.717, 1.165) is 43.4 Å². The minimum atomic E-state index is 0.672.